The Bertz CT molecular complexity index is 883. The first-order valence-corrected chi connectivity index (χ1v) is 7.49. The van der Waals surface area contributed by atoms with Crippen LogP contribution in [0.15, 0.2) is 40.8 Å². The van der Waals surface area contributed by atoms with Gasteiger partial charge in [-0.3, -0.25) is 10.1 Å². The van der Waals surface area contributed by atoms with Crippen molar-refractivity contribution in [1.29, 1.82) is 0 Å². The van der Waals surface area contributed by atoms with E-state index in [4.69, 9.17) is 16.0 Å². The zero-order valence-electron chi connectivity index (χ0n) is 12.9. The van der Waals surface area contributed by atoms with Crippen molar-refractivity contribution in [1.82, 2.24) is 10.2 Å². The summed E-state index contributed by atoms with van der Waals surface area (Å²) >= 11 is 5.86. The maximum Gasteiger partial charge on any atom is 0.322 e. The van der Waals surface area contributed by atoms with Gasteiger partial charge in [0.25, 0.3) is 5.91 Å². The summed E-state index contributed by atoms with van der Waals surface area (Å²) in [5, 5.41) is 10.0. The van der Waals surface area contributed by atoms with Crippen LogP contribution in [0.5, 0.6) is 0 Å². The zero-order chi connectivity index (χ0) is 17.3. The highest BCUT2D eigenvalue weighted by Gasteiger charge is 2.18. The normalized spacial score (nSPS) is 10.7. The van der Waals surface area contributed by atoms with Crippen LogP contribution in [-0.4, -0.2) is 16.1 Å². The van der Waals surface area contributed by atoms with Gasteiger partial charge < -0.3 is 4.42 Å². The van der Waals surface area contributed by atoms with Crippen molar-refractivity contribution in [3.63, 3.8) is 0 Å². The van der Waals surface area contributed by atoms with Crippen LogP contribution >= 0.6 is 11.6 Å². The molecule has 1 amide bonds. The summed E-state index contributed by atoms with van der Waals surface area (Å²) in [6, 6.07) is 9.65. The topological polar surface area (TPSA) is 68.0 Å². The van der Waals surface area contributed by atoms with Crippen molar-refractivity contribution >= 4 is 23.5 Å². The number of amides is 1. The standard InChI is InChI=1S/C17H13ClFN3O2/c1-9-6-10(2)8-11(7-9)16-21-22-17(24-16)20-15(23)14-12(18)4-3-5-13(14)19/h3-8H,1-2H3,(H,20,22,23). The van der Waals surface area contributed by atoms with Crippen LogP contribution in [0.2, 0.25) is 5.02 Å². The number of hydrogen-bond donors (Lipinski definition) is 1. The van der Waals surface area contributed by atoms with E-state index in [1.54, 1.807) is 0 Å². The van der Waals surface area contributed by atoms with Crippen LogP contribution in [-0.2, 0) is 0 Å². The average molecular weight is 346 g/mol. The van der Waals surface area contributed by atoms with Gasteiger partial charge in [-0.25, -0.2) is 4.39 Å². The monoisotopic (exact) mass is 345 g/mol. The number of halogens is 2. The smallest absolute Gasteiger partial charge is 0.322 e. The predicted molar refractivity (Wildman–Crippen MR) is 88.6 cm³/mol. The lowest BCUT2D eigenvalue weighted by Crippen LogP contribution is -2.14. The third-order valence-corrected chi connectivity index (χ3v) is 3.62. The number of aryl methyl sites for hydroxylation is 2. The number of rotatable bonds is 3. The van der Waals surface area contributed by atoms with E-state index in [2.05, 4.69) is 15.5 Å². The van der Waals surface area contributed by atoms with E-state index >= 15 is 0 Å². The number of hydrogen-bond acceptors (Lipinski definition) is 4. The van der Waals surface area contributed by atoms with Gasteiger partial charge in [-0.05, 0) is 38.1 Å². The lowest BCUT2D eigenvalue weighted by atomic mass is 10.1. The Morgan fingerprint density at radius 1 is 1.17 bits per heavy atom. The zero-order valence-corrected chi connectivity index (χ0v) is 13.7. The van der Waals surface area contributed by atoms with Crippen molar-refractivity contribution in [3.05, 3.63) is 63.9 Å². The molecule has 3 rings (SSSR count). The Morgan fingerprint density at radius 2 is 1.88 bits per heavy atom. The van der Waals surface area contributed by atoms with Crippen LogP contribution in [0.25, 0.3) is 11.5 Å². The van der Waals surface area contributed by atoms with Crippen molar-refractivity contribution < 1.29 is 13.6 Å². The highest BCUT2D eigenvalue weighted by atomic mass is 35.5. The first-order chi connectivity index (χ1) is 11.4. The molecule has 0 aliphatic heterocycles. The van der Waals surface area contributed by atoms with Crippen molar-refractivity contribution in [2.45, 2.75) is 13.8 Å². The summed E-state index contributed by atoms with van der Waals surface area (Å²) in [6.07, 6.45) is 0. The lowest BCUT2D eigenvalue weighted by Gasteiger charge is -2.04. The molecule has 0 saturated heterocycles. The number of nitrogens with zero attached hydrogens (tertiary/aromatic N) is 2. The van der Waals surface area contributed by atoms with Crippen molar-refractivity contribution in [2.24, 2.45) is 0 Å². The molecular formula is C17H13ClFN3O2. The van der Waals surface area contributed by atoms with E-state index in [0.717, 1.165) is 22.8 Å². The van der Waals surface area contributed by atoms with Gasteiger partial charge in [0, 0.05) is 5.56 Å². The summed E-state index contributed by atoms with van der Waals surface area (Å²) in [7, 11) is 0. The largest absolute Gasteiger partial charge is 0.403 e. The van der Waals surface area contributed by atoms with E-state index in [1.807, 2.05) is 32.0 Å². The Labute approximate surface area is 142 Å². The predicted octanol–water partition coefficient (Wildman–Crippen LogP) is 4.40. The molecule has 0 radical (unpaired) electrons. The molecule has 0 aliphatic rings. The van der Waals surface area contributed by atoms with Gasteiger partial charge in [0.05, 0.1) is 10.6 Å². The highest BCUT2D eigenvalue weighted by Crippen LogP contribution is 2.24. The SMILES string of the molecule is Cc1cc(C)cc(-c2nnc(NC(=O)c3c(F)cccc3Cl)o2)c1. The summed E-state index contributed by atoms with van der Waals surface area (Å²) in [6.45, 7) is 3.91. The first-order valence-electron chi connectivity index (χ1n) is 7.11. The van der Waals surface area contributed by atoms with Crippen LogP contribution in [0.1, 0.15) is 21.5 Å². The van der Waals surface area contributed by atoms with Crippen LogP contribution < -0.4 is 5.32 Å². The molecule has 1 heterocycles. The number of benzene rings is 2. The number of carbonyl (C=O) groups excluding carboxylic acids is 1. The summed E-state index contributed by atoms with van der Waals surface area (Å²) in [5.74, 6) is -1.22. The Hall–Kier alpha value is -2.73. The first kappa shape index (κ1) is 16.1. The third-order valence-electron chi connectivity index (χ3n) is 3.30. The molecule has 1 N–H and O–H groups in total. The molecule has 0 saturated carbocycles. The number of aromatic nitrogens is 2. The minimum atomic E-state index is -0.756. The second-order valence-corrected chi connectivity index (χ2v) is 5.75. The second-order valence-electron chi connectivity index (χ2n) is 5.34. The molecule has 1 aromatic heterocycles. The van der Waals surface area contributed by atoms with Crippen LogP contribution in [0, 0.1) is 19.7 Å². The molecule has 0 aliphatic carbocycles. The van der Waals surface area contributed by atoms with Gasteiger partial charge in [0.15, 0.2) is 0 Å². The van der Waals surface area contributed by atoms with Gasteiger partial charge in [-0.15, -0.1) is 5.10 Å². The molecule has 0 unspecified atom stereocenters. The van der Waals surface area contributed by atoms with Crippen LogP contribution in [0.3, 0.4) is 0 Å². The molecule has 0 atom stereocenters. The minimum Gasteiger partial charge on any atom is -0.403 e. The average Bonchev–Trinajstić information content (AvgIpc) is 2.94. The van der Waals surface area contributed by atoms with E-state index in [0.29, 0.717) is 0 Å². The molecule has 24 heavy (non-hydrogen) atoms. The Kier molecular flexibility index (Phi) is 4.31. The molecule has 0 fully saturated rings. The number of carbonyl (C=O) groups is 1. The maximum atomic E-state index is 13.8. The van der Waals surface area contributed by atoms with E-state index in [9.17, 15) is 9.18 Å². The molecule has 2 aromatic carbocycles. The van der Waals surface area contributed by atoms with E-state index < -0.39 is 11.7 Å². The summed E-state index contributed by atoms with van der Waals surface area (Å²) < 4.78 is 19.2. The van der Waals surface area contributed by atoms with Gasteiger partial charge in [-0.2, -0.15) is 0 Å². The van der Waals surface area contributed by atoms with Crippen LogP contribution in [0.4, 0.5) is 10.4 Å². The number of anilines is 1. The fourth-order valence-electron chi connectivity index (χ4n) is 2.36. The molecule has 0 spiro atoms. The molecule has 7 heteroatoms. The summed E-state index contributed by atoms with van der Waals surface area (Å²) in [5.41, 5.74) is 2.56. The maximum absolute atomic E-state index is 13.8. The summed E-state index contributed by atoms with van der Waals surface area (Å²) in [4.78, 5) is 12.1. The quantitative estimate of drug-likeness (QED) is 0.764. The van der Waals surface area contributed by atoms with E-state index in [-0.39, 0.29) is 22.5 Å². The van der Waals surface area contributed by atoms with Gasteiger partial charge in [0.1, 0.15) is 5.82 Å². The lowest BCUT2D eigenvalue weighted by molar-refractivity contribution is 0.102. The van der Waals surface area contributed by atoms with Gasteiger partial charge in [0.2, 0.25) is 5.89 Å². The highest BCUT2D eigenvalue weighted by molar-refractivity contribution is 6.34. The molecule has 122 valence electrons. The Morgan fingerprint density at radius 3 is 2.54 bits per heavy atom. The fourth-order valence-corrected chi connectivity index (χ4v) is 2.61. The van der Waals surface area contributed by atoms with Gasteiger partial charge in [-0.1, -0.05) is 40.0 Å². The molecule has 3 aromatic rings. The second kappa shape index (κ2) is 6.41. The molecular weight excluding hydrogens is 333 g/mol. The van der Waals surface area contributed by atoms with E-state index in [1.165, 1.54) is 12.1 Å². The molecule has 5 nitrogen and oxygen atoms in total. The van der Waals surface area contributed by atoms with Crippen molar-refractivity contribution in [2.75, 3.05) is 5.32 Å². The van der Waals surface area contributed by atoms with Crippen molar-refractivity contribution in [3.8, 4) is 11.5 Å². The molecule has 0 bridgehead atoms. The minimum absolute atomic E-state index is 0.00143. The third kappa shape index (κ3) is 3.28. The Balaban J connectivity index is 1.85. The fraction of sp³-hybridized carbons (Fsp3) is 0.118. The number of nitrogens with one attached hydrogen (secondary N) is 1. The van der Waals surface area contributed by atoms with Gasteiger partial charge >= 0.3 is 6.01 Å².